The van der Waals surface area contributed by atoms with Gasteiger partial charge in [-0.15, -0.1) is 0 Å². The molecule has 2 aliphatic heterocycles. The molecule has 0 amide bonds. The van der Waals surface area contributed by atoms with E-state index in [1.54, 1.807) is 46.8 Å². The highest BCUT2D eigenvalue weighted by Gasteiger charge is 2.66. The van der Waals surface area contributed by atoms with Crippen molar-refractivity contribution in [1.82, 2.24) is 0 Å². The van der Waals surface area contributed by atoms with Crippen LogP contribution in [0.5, 0.6) is 0 Å². The second-order valence-corrected chi connectivity index (χ2v) is 9.60. The third-order valence-electron chi connectivity index (χ3n) is 7.00. The number of allylic oxidation sites excluding steroid dienone is 2. The van der Waals surface area contributed by atoms with Gasteiger partial charge in [-0.25, -0.2) is 9.59 Å². The largest absolute Gasteiger partial charge is 0.454 e. The molecule has 6 atom stereocenters. The zero-order valence-corrected chi connectivity index (χ0v) is 20.0. The first-order valence-corrected chi connectivity index (χ1v) is 11.1. The Bertz CT molecular complexity index is 896. The predicted molar refractivity (Wildman–Crippen MR) is 118 cm³/mol. The van der Waals surface area contributed by atoms with Crippen LogP contribution >= 0.6 is 0 Å². The normalized spacial score (nSPS) is 34.3. The van der Waals surface area contributed by atoms with E-state index in [1.165, 1.54) is 0 Å². The molecule has 2 heterocycles. The molecule has 0 aromatic heterocycles. The van der Waals surface area contributed by atoms with E-state index in [0.717, 1.165) is 0 Å². The summed E-state index contributed by atoms with van der Waals surface area (Å²) in [5.74, 6) is -1.82. The minimum Gasteiger partial charge on any atom is -0.454 e. The Morgan fingerprint density at radius 3 is 2.22 bits per heavy atom. The summed E-state index contributed by atoms with van der Waals surface area (Å²) in [7, 11) is 0. The molecule has 6 unspecified atom stereocenters. The number of ether oxygens (including phenoxy) is 4. The Kier molecular flexibility index (Phi) is 6.55. The Balaban J connectivity index is 1.86. The Labute approximate surface area is 189 Å². The van der Waals surface area contributed by atoms with Gasteiger partial charge >= 0.3 is 11.9 Å². The zero-order valence-electron chi connectivity index (χ0n) is 20.0. The van der Waals surface area contributed by atoms with E-state index in [2.05, 4.69) is 6.58 Å². The number of epoxide rings is 2. The third-order valence-corrected chi connectivity index (χ3v) is 7.00. The summed E-state index contributed by atoms with van der Waals surface area (Å²) in [4.78, 5) is 38.2. The standard InChI is InChI=1S/C25H34O7/c1-9-13(3)22(27)29-17(12-18-24(6,7)31-18)15(5)16-11-19-25(8,32-19)21(26)20(16)30-23(28)14(4)10-2/h9-10,16-20H,5,11-12H2,1-4,6-8H3. The highest BCUT2D eigenvalue weighted by atomic mass is 16.6. The smallest absolute Gasteiger partial charge is 0.334 e. The van der Waals surface area contributed by atoms with Crippen LogP contribution < -0.4 is 0 Å². The van der Waals surface area contributed by atoms with Gasteiger partial charge < -0.3 is 18.9 Å². The van der Waals surface area contributed by atoms with E-state index in [1.807, 2.05) is 13.8 Å². The number of hydrogen-bond acceptors (Lipinski definition) is 7. The van der Waals surface area contributed by atoms with Crippen molar-refractivity contribution in [2.75, 3.05) is 0 Å². The molecule has 7 heteroatoms. The van der Waals surface area contributed by atoms with E-state index in [-0.39, 0.29) is 23.6 Å². The molecular formula is C25H34O7. The maximum Gasteiger partial charge on any atom is 0.334 e. The van der Waals surface area contributed by atoms with Gasteiger partial charge in [0.25, 0.3) is 0 Å². The van der Waals surface area contributed by atoms with Gasteiger partial charge in [-0.05, 0) is 60.5 Å². The molecular weight excluding hydrogens is 412 g/mol. The Hall–Kier alpha value is -2.25. The zero-order chi connectivity index (χ0) is 24.0. The van der Waals surface area contributed by atoms with E-state index < -0.39 is 35.7 Å². The Morgan fingerprint density at radius 1 is 1.12 bits per heavy atom. The molecule has 32 heavy (non-hydrogen) atoms. The topological polar surface area (TPSA) is 94.7 Å². The lowest BCUT2D eigenvalue weighted by Crippen LogP contribution is -2.49. The van der Waals surface area contributed by atoms with Crippen LogP contribution in [-0.2, 0) is 33.3 Å². The van der Waals surface area contributed by atoms with Gasteiger partial charge in [0.1, 0.15) is 6.10 Å². The summed E-state index contributed by atoms with van der Waals surface area (Å²) < 4.78 is 22.8. The highest BCUT2D eigenvalue weighted by Crippen LogP contribution is 2.51. The first-order chi connectivity index (χ1) is 14.9. The van der Waals surface area contributed by atoms with Gasteiger partial charge in [-0.3, -0.25) is 4.79 Å². The van der Waals surface area contributed by atoms with Crippen molar-refractivity contribution in [3.63, 3.8) is 0 Å². The molecule has 176 valence electrons. The minimum absolute atomic E-state index is 0.101. The summed E-state index contributed by atoms with van der Waals surface area (Å²) in [5, 5.41) is 0. The van der Waals surface area contributed by atoms with Crippen LogP contribution in [0, 0.1) is 5.92 Å². The Morgan fingerprint density at radius 2 is 1.69 bits per heavy atom. The van der Waals surface area contributed by atoms with Crippen molar-refractivity contribution >= 4 is 17.7 Å². The van der Waals surface area contributed by atoms with Crippen LogP contribution in [0.1, 0.15) is 61.3 Å². The average Bonchev–Trinajstić information content (AvgIpc) is 3.60. The van der Waals surface area contributed by atoms with Crippen molar-refractivity contribution in [3.05, 3.63) is 35.5 Å². The first-order valence-electron chi connectivity index (χ1n) is 11.1. The van der Waals surface area contributed by atoms with Gasteiger partial charge in [-0.2, -0.15) is 0 Å². The first kappa shape index (κ1) is 24.4. The molecule has 1 saturated carbocycles. The maximum absolute atomic E-state index is 13.2. The van der Waals surface area contributed by atoms with Crippen molar-refractivity contribution in [1.29, 1.82) is 0 Å². The molecule has 0 N–H and O–H groups in total. The summed E-state index contributed by atoms with van der Waals surface area (Å²) in [6.45, 7) is 16.7. The summed E-state index contributed by atoms with van der Waals surface area (Å²) in [6, 6.07) is 0. The molecule has 2 saturated heterocycles. The van der Waals surface area contributed by atoms with Gasteiger partial charge in [0, 0.05) is 23.5 Å². The molecule has 1 aliphatic carbocycles. The SMILES string of the molecule is C=C(C(CC1OC1(C)C)OC(=O)C(C)=CC)C1CC2OC2(C)C(=O)C1OC(=O)C(C)=CC. The van der Waals surface area contributed by atoms with Crippen molar-refractivity contribution in [2.24, 2.45) is 5.92 Å². The lowest BCUT2D eigenvalue weighted by atomic mass is 9.74. The van der Waals surface area contributed by atoms with Gasteiger partial charge in [0.05, 0.1) is 17.8 Å². The number of carbonyl (C=O) groups is 3. The quantitative estimate of drug-likeness (QED) is 0.243. The second-order valence-electron chi connectivity index (χ2n) is 9.60. The predicted octanol–water partition coefficient (Wildman–Crippen LogP) is 3.61. The van der Waals surface area contributed by atoms with Crippen LogP contribution in [0.25, 0.3) is 0 Å². The molecule has 7 nitrogen and oxygen atoms in total. The summed E-state index contributed by atoms with van der Waals surface area (Å²) in [5.41, 5.74) is 0.168. The maximum atomic E-state index is 13.2. The van der Waals surface area contributed by atoms with E-state index in [9.17, 15) is 14.4 Å². The molecule has 0 aromatic carbocycles. The average molecular weight is 447 g/mol. The number of Topliss-reactive ketones (excluding diaryl/α,β-unsaturated/α-hetero) is 1. The molecule has 0 radical (unpaired) electrons. The summed E-state index contributed by atoms with van der Waals surface area (Å²) in [6.07, 6.45) is 2.08. The molecule has 0 bridgehead atoms. The van der Waals surface area contributed by atoms with Gasteiger partial charge in [0.2, 0.25) is 5.78 Å². The second kappa shape index (κ2) is 8.60. The van der Waals surface area contributed by atoms with Crippen LogP contribution in [0.15, 0.2) is 35.5 Å². The number of carbonyl (C=O) groups excluding carboxylic acids is 3. The molecule has 0 aromatic rings. The van der Waals surface area contributed by atoms with Crippen LogP contribution in [0.2, 0.25) is 0 Å². The fourth-order valence-corrected chi connectivity index (χ4v) is 4.09. The number of rotatable bonds is 8. The molecule has 0 spiro atoms. The summed E-state index contributed by atoms with van der Waals surface area (Å²) >= 11 is 0. The number of fused-ring (bicyclic) bond motifs is 1. The molecule has 3 aliphatic rings. The van der Waals surface area contributed by atoms with Crippen LogP contribution in [0.4, 0.5) is 0 Å². The number of esters is 2. The fraction of sp³-hybridized carbons (Fsp3) is 0.640. The number of ketones is 1. The highest BCUT2D eigenvalue weighted by molar-refractivity contribution is 5.98. The van der Waals surface area contributed by atoms with Gasteiger partial charge in [0.15, 0.2) is 11.7 Å². The molecule has 3 fully saturated rings. The van der Waals surface area contributed by atoms with Crippen LogP contribution in [0.3, 0.4) is 0 Å². The fourth-order valence-electron chi connectivity index (χ4n) is 4.09. The minimum atomic E-state index is -1.05. The number of hydrogen-bond donors (Lipinski definition) is 0. The van der Waals surface area contributed by atoms with Crippen molar-refractivity contribution in [2.45, 2.75) is 96.9 Å². The van der Waals surface area contributed by atoms with E-state index in [4.69, 9.17) is 18.9 Å². The van der Waals surface area contributed by atoms with E-state index >= 15 is 0 Å². The monoisotopic (exact) mass is 446 g/mol. The third kappa shape index (κ3) is 4.59. The van der Waals surface area contributed by atoms with Crippen LogP contribution in [-0.4, -0.2) is 53.3 Å². The lowest BCUT2D eigenvalue weighted by Gasteiger charge is -2.34. The van der Waals surface area contributed by atoms with E-state index in [0.29, 0.717) is 29.6 Å². The molecule has 3 rings (SSSR count). The van der Waals surface area contributed by atoms with Crippen molar-refractivity contribution in [3.8, 4) is 0 Å². The van der Waals surface area contributed by atoms with Gasteiger partial charge in [-0.1, -0.05) is 18.7 Å². The van der Waals surface area contributed by atoms with Crippen molar-refractivity contribution < 1.29 is 33.3 Å². The lowest BCUT2D eigenvalue weighted by molar-refractivity contribution is -0.157.